The monoisotopic (exact) mass is 524 g/mol. The maximum atomic E-state index is 11.9. The second-order valence-electron chi connectivity index (χ2n) is 9.80. The molecule has 0 radical (unpaired) electrons. The lowest BCUT2D eigenvalue weighted by molar-refractivity contribution is 0.110. The fourth-order valence-electron chi connectivity index (χ4n) is 3.71. The Bertz CT molecular complexity index is 405. The summed E-state index contributed by atoms with van der Waals surface area (Å²) in [7, 11) is -3.47. The molecule has 4 nitrogen and oxygen atoms in total. The number of phosphoric acid groups is 1. The molecule has 0 aliphatic heterocycles. The van der Waals surface area contributed by atoms with Gasteiger partial charge in [-0.25, -0.2) is 4.57 Å². The van der Waals surface area contributed by atoms with E-state index in [1.807, 2.05) is 0 Å². The Hall–Kier alpha value is 0.540. The highest BCUT2D eigenvalue weighted by atomic mass is 31.2. The van der Waals surface area contributed by atoms with Gasteiger partial charge in [-0.05, 0) is 62.4 Å². The first-order chi connectivity index (χ1) is 16.3. The van der Waals surface area contributed by atoms with Gasteiger partial charge in [-0.15, -0.1) is 7.92 Å². The SMILES string of the molecule is CCCCC(CC)COP(=O)(O)OCC(CC)CCCC.CCCCP(CCCC)CCCC. The van der Waals surface area contributed by atoms with Gasteiger partial charge in [0.25, 0.3) is 0 Å². The van der Waals surface area contributed by atoms with Crippen LogP contribution in [0.4, 0.5) is 0 Å². The van der Waals surface area contributed by atoms with Crippen LogP contribution in [0.1, 0.15) is 138 Å². The number of unbranched alkanes of at least 4 members (excludes halogenated alkanes) is 5. The Morgan fingerprint density at radius 3 is 1.21 bits per heavy atom. The van der Waals surface area contributed by atoms with Crippen molar-refractivity contribution in [3.8, 4) is 0 Å². The van der Waals surface area contributed by atoms with Crippen LogP contribution in [-0.2, 0) is 13.6 Å². The summed E-state index contributed by atoms with van der Waals surface area (Å²) in [6, 6.07) is 0. The van der Waals surface area contributed by atoms with Crippen LogP contribution in [0.5, 0.6) is 0 Å². The van der Waals surface area contributed by atoms with Gasteiger partial charge < -0.3 is 4.89 Å². The van der Waals surface area contributed by atoms with Crippen LogP contribution in [0.25, 0.3) is 0 Å². The van der Waals surface area contributed by atoms with Crippen molar-refractivity contribution >= 4 is 15.7 Å². The molecule has 0 bridgehead atoms. The summed E-state index contributed by atoms with van der Waals surface area (Å²) in [5.41, 5.74) is 0. The lowest BCUT2D eigenvalue weighted by atomic mass is 10.0. The zero-order valence-corrected chi connectivity index (χ0v) is 25.9. The average molecular weight is 525 g/mol. The van der Waals surface area contributed by atoms with Crippen LogP contribution in [0.2, 0.25) is 0 Å². The molecule has 0 spiro atoms. The predicted octanol–water partition coefficient (Wildman–Crippen LogP) is 10.4. The number of hydrogen-bond donors (Lipinski definition) is 1. The van der Waals surface area contributed by atoms with Crippen molar-refractivity contribution in [3.63, 3.8) is 0 Å². The molecule has 0 heterocycles. The molecule has 2 atom stereocenters. The third kappa shape index (κ3) is 24.2. The second-order valence-corrected chi connectivity index (χ2v) is 13.9. The Balaban J connectivity index is 0. The minimum atomic E-state index is -3.89. The smallest absolute Gasteiger partial charge is 0.302 e. The van der Waals surface area contributed by atoms with Gasteiger partial charge in [-0.1, -0.05) is 106 Å². The topological polar surface area (TPSA) is 55.8 Å². The molecule has 2 unspecified atom stereocenters. The number of hydrogen-bond acceptors (Lipinski definition) is 3. The van der Waals surface area contributed by atoms with Crippen molar-refractivity contribution in [2.45, 2.75) is 138 Å². The quantitative estimate of drug-likeness (QED) is 0.135. The Kier molecular flexibility index (Phi) is 28.7. The highest BCUT2D eigenvalue weighted by Crippen LogP contribution is 2.44. The molecular weight excluding hydrogens is 462 g/mol. The highest BCUT2D eigenvalue weighted by molar-refractivity contribution is 7.57. The summed E-state index contributed by atoms with van der Waals surface area (Å²) < 4.78 is 22.2. The first kappa shape index (κ1) is 36.7. The normalized spacial score (nSPS) is 15.0. The summed E-state index contributed by atoms with van der Waals surface area (Å²) >= 11 is 0. The fourth-order valence-corrected chi connectivity index (χ4v) is 7.55. The minimum absolute atomic E-state index is 0.316. The van der Waals surface area contributed by atoms with E-state index in [0.717, 1.165) is 51.4 Å². The molecule has 0 rings (SSSR count). The average Bonchev–Trinajstić information content (AvgIpc) is 2.84. The van der Waals surface area contributed by atoms with Gasteiger partial charge in [0.15, 0.2) is 0 Å². The summed E-state index contributed by atoms with van der Waals surface area (Å²) in [5.74, 6) is 0.687. The largest absolute Gasteiger partial charge is 0.472 e. The first-order valence-electron chi connectivity index (χ1n) is 14.7. The van der Waals surface area contributed by atoms with Crippen molar-refractivity contribution in [2.24, 2.45) is 11.8 Å². The van der Waals surface area contributed by atoms with Crippen molar-refractivity contribution < 1.29 is 18.5 Å². The Morgan fingerprint density at radius 2 is 0.941 bits per heavy atom. The van der Waals surface area contributed by atoms with Crippen molar-refractivity contribution in [1.29, 1.82) is 0 Å². The van der Waals surface area contributed by atoms with Crippen LogP contribution in [0.15, 0.2) is 0 Å². The maximum Gasteiger partial charge on any atom is 0.472 e. The molecule has 0 aromatic rings. The molecule has 1 N–H and O–H groups in total. The molecule has 34 heavy (non-hydrogen) atoms. The Labute approximate surface area is 216 Å². The highest BCUT2D eigenvalue weighted by Gasteiger charge is 2.24. The van der Waals surface area contributed by atoms with Gasteiger partial charge in [0.05, 0.1) is 13.2 Å². The van der Waals surface area contributed by atoms with Crippen molar-refractivity contribution in [2.75, 3.05) is 31.7 Å². The van der Waals surface area contributed by atoms with E-state index in [9.17, 15) is 9.46 Å². The van der Waals surface area contributed by atoms with Crippen LogP contribution >= 0.6 is 15.7 Å². The lowest BCUT2D eigenvalue weighted by Crippen LogP contribution is -2.12. The lowest BCUT2D eigenvalue weighted by Gasteiger charge is -2.20. The van der Waals surface area contributed by atoms with E-state index in [0.29, 0.717) is 33.0 Å². The van der Waals surface area contributed by atoms with Crippen LogP contribution in [0, 0.1) is 11.8 Å². The van der Waals surface area contributed by atoms with Crippen molar-refractivity contribution in [3.05, 3.63) is 0 Å². The van der Waals surface area contributed by atoms with E-state index in [-0.39, 0.29) is 0 Å². The third-order valence-electron chi connectivity index (χ3n) is 6.52. The Morgan fingerprint density at radius 1 is 0.618 bits per heavy atom. The summed E-state index contributed by atoms with van der Waals surface area (Å²) in [4.78, 5) is 9.77. The van der Waals surface area contributed by atoms with Crippen molar-refractivity contribution in [1.82, 2.24) is 0 Å². The zero-order chi connectivity index (χ0) is 26.1. The third-order valence-corrected chi connectivity index (χ3v) is 10.3. The van der Waals surface area contributed by atoms with E-state index in [4.69, 9.17) is 9.05 Å². The molecule has 0 saturated heterocycles. The molecule has 0 aromatic carbocycles. The molecule has 0 aliphatic rings. The van der Waals surface area contributed by atoms with E-state index in [1.165, 1.54) is 38.5 Å². The van der Waals surface area contributed by atoms with E-state index in [2.05, 4.69) is 48.5 Å². The van der Waals surface area contributed by atoms with Gasteiger partial charge in [0.2, 0.25) is 0 Å². The summed E-state index contributed by atoms with van der Waals surface area (Å²) in [5, 5.41) is 0. The van der Waals surface area contributed by atoms with Crippen LogP contribution in [-0.4, -0.2) is 36.6 Å². The predicted molar refractivity (Wildman–Crippen MR) is 155 cm³/mol. The van der Waals surface area contributed by atoms with E-state index < -0.39 is 7.82 Å². The maximum absolute atomic E-state index is 11.9. The number of rotatable bonds is 23. The fraction of sp³-hybridized carbons (Fsp3) is 1.00. The van der Waals surface area contributed by atoms with E-state index in [1.54, 1.807) is 18.5 Å². The van der Waals surface area contributed by atoms with Crippen LogP contribution < -0.4 is 0 Å². The summed E-state index contributed by atoms with van der Waals surface area (Å²) in [6.45, 7) is 16.0. The second kappa shape index (κ2) is 26.6. The molecule has 6 heteroatoms. The molecule has 0 amide bonds. The van der Waals surface area contributed by atoms with Gasteiger partial charge in [0, 0.05) is 0 Å². The summed E-state index contributed by atoms with van der Waals surface area (Å²) in [6.07, 6.45) is 21.8. The van der Waals surface area contributed by atoms with Gasteiger partial charge in [-0.3, -0.25) is 9.05 Å². The molecule has 0 saturated carbocycles. The van der Waals surface area contributed by atoms with E-state index >= 15 is 0 Å². The van der Waals surface area contributed by atoms with Crippen LogP contribution in [0.3, 0.4) is 0 Å². The standard InChI is InChI=1S/C16H35O4P.C12H27P/c1-5-9-11-15(7-3)13-19-21(17,18)20-14-16(8-4)12-10-6-2;1-4-7-10-13(11-8-5-2)12-9-6-3/h15-16H,5-14H2,1-4H3,(H,17,18);4-12H2,1-3H3. The zero-order valence-electron chi connectivity index (χ0n) is 24.2. The molecule has 0 aromatic heterocycles. The van der Waals surface area contributed by atoms with Gasteiger partial charge in [-0.2, -0.15) is 0 Å². The molecule has 208 valence electrons. The number of phosphoric ester groups is 1. The minimum Gasteiger partial charge on any atom is -0.302 e. The molecular formula is C28H62O4P2. The van der Waals surface area contributed by atoms with Gasteiger partial charge in [0.1, 0.15) is 0 Å². The van der Waals surface area contributed by atoms with Gasteiger partial charge >= 0.3 is 7.82 Å². The molecule has 0 aliphatic carbocycles. The molecule has 0 fully saturated rings. The first-order valence-corrected chi connectivity index (χ1v) is 18.1.